The molecule has 2 aromatic rings. The molecule has 0 bridgehead atoms. The number of non-ortho nitro benzene ring substituents is 1. The fourth-order valence-electron chi connectivity index (χ4n) is 1.71. The summed E-state index contributed by atoms with van der Waals surface area (Å²) >= 11 is 0. The van der Waals surface area contributed by atoms with Gasteiger partial charge in [-0.3, -0.25) is 10.1 Å². The molecule has 2 N–H and O–H groups in total. The Bertz CT molecular complexity index is 567. The Morgan fingerprint density at radius 2 is 2.21 bits per heavy atom. The van der Waals surface area contributed by atoms with E-state index in [9.17, 15) is 10.1 Å². The number of nitrogens with zero attached hydrogens (tertiary/aromatic N) is 2. The van der Waals surface area contributed by atoms with E-state index in [4.69, 9.17) is 9.52 Å². The topological polar surface area (TPSA) is 101 Å². The summed E-state index contributed by atoms with van der Waals surface area (Å²) in [6.45, 7) is 0.890. The van der Waals surface area contributed by atoms with Gasteiger partial charge in [-0.15, -0.1) is 0 Å². The molecular formula is C12H15N3O4. The van der Waals surface area contributed by atoms with Gasteiger partial charge in [-0.05, 0) is 25.3 Å². The van der Waals surface area contributed by atoms with Gasteiger partial charge >= 0.3 is 0 Å². The first kappa shape index (κ1) is 13.3. The number of fused-ring (bicyclic) bond motifs is 1. The molecule has 1 aromatic heterocycles. The second kappa shape index (κ2) is 6.14. The number of nitrogens with one attached hydrogen (secondary N) is 1. The van der Waals surface area contributed by atoms with Crippen LogP contribution in [0.4, 0.5) is 11.7 Å². The smallest absolute Gasteiger partial charge is 0.295 e. The number of aromatic nitrogens is 1. The monoisotopic (exact) mass is 265 g/mol. The Morgan fingerprint density at radius 3 is 2.95 bits per heavy atom. The van der Waals surface area contributed by atoms with Crippen LogP contribution in [0.3, 0.4) is 0 Å². The maximum absolute atomic E-state index is 10.6. The minimum atomic E-state index is -0.462. The Morgan fingerprint density at radius 1 is 1.37 bits per heavy atom. The van der Waals surface area contributed by atoms with Gasteiger partial charge in [0.1, 0.15) is 5.52 Å². The van der Waals surface area contributed by atoms with E-state index in [0.29, 0.717) is 23.7 Å². The minimum absolute atomic E-state index is 0.00436. The van der Waals surface area contributed by atoms with Gasteiger partial charge in [0.05, 0.1) is 4.92 Å². The third-order valence-corrected chi connectivity index (χ3v) is 2.69. The van der Waals surface area contributed by atoms with Crippen molar-refractivity contribution in [1.29, 1.82) is 0 Å². The summed E-state index contributed by atoms with van der Waals surface area (Å²) in [5.74, 6) is 0. The average molecular weight is 265 g/mol. The maximum atomic E-state index is 10.6. The molecule has 0 unspecified atom stereocenters. The normalized spacial score (nSPS) is 10.8. The molecule has 0 amide bonds. The molecule has 1 aromatic carbocycles. The van der Waals surface area contributed by atoms with Gasteiger partial charge in [-0.1, -0.05) is 0 Å². The van der Waals surface area contributed by atoms with Gasteiger partial charge < -0.3 is 14.8 Å². The number of aliphatic hydroxyl groups excluding tert-OH is 1. The van der Waals surface area contributed by atoms with E-state index in [0.717, 1.165) is 19.3 Å². The van der Waals surface area contributed by atoms with Crippen molar-refractivity contribution in [2.24, 2.45) is 0 Å². The summed E-state index contributed by atoms with van der Waals surface area (Å²) in [5.41, 5.74) is 0.978. The molecule has 19 heavy (non-hydrogen) atoms. The van der Waals surface area contributed by atoms with Crippen LogP contribution in [0.25, 0.3) is 11.1 Å². The fourth-order valence-corrected chi connectivity index (χ4v) is 1.71. The van der Waals surface area contributed by atoms with E-state index < -0.39 is 4.92 Å². The maximum Gasteiger partial charge on any atom is 0.295 e. The Balaban J connectivity index is 1.99. The zero-order valence-corrected chi connectivity index (χ0v) is 10.3. The van der Waals surface area contributed by atoms with Gasteiger partial charge in [-0.25, -0.2) is 0 Å². The molecule has 7 nitrogen and oxygen atoms in total. The van der Waals surface area contributed by atoms with Crippen LogP contribution in [0.2, 0.25) is 0 Å². The largest absolute Gasteiger partial charge is 0.424 e. The van der Waals surface area contributed by atoms with E-state index in [1.54, 1.807) is 0 Å². The van der Waals surface area contributed by atoms with Crippen LogP contribution in [0, 0.1) is 10.1 Å². The Labute approximate surface area is 109 Å². The number of unbranched alkanes of at least 4 members (excludes halogenated alkanes) is 2. The van der Waals surface area contributed by atoms with Crippen LogP contribution in [0.1, 0.15) is 19.3 Å². The molecular weight excluding hydrogens is 250 g/mol. The molecule has 0 aliphatic rings. The van der Waals surface area contributed by atoms with Crippen molar-refractivity contribution < 1.29 is 14.4 Å². The number of nitro groups is 1. The number of aliphatic hydroxyl groups is 1. The predicted octanol–water partition coefficient (Wildman–Crippen LogP) is 2.31. The number of benzene rings is 1. The van der Waals surface area contributed by atoms with Crippen LogP contribution in [0.15, 0.2) is 22.6 Å². The molecule has 2 rings (SSSR count). The van der Waals surface area contributed by atoms with Gasteiger partial charge in [0.25, 0.3) is 11.7 Å². The first-order valence-corrected chi connectivity index (χ1v) is 6.10. The fraction of sp³-hybridized carbons (Fsp3) is 0.417. The van der Waals surface area contributed by atoms with E-state index in [1.807, 2.05) is 0 Å². The average Bonchev–Trinajstić information content (AvgIpc) is 2.80. The second-order valence-corrected chi connectivity index (χ2v) is 4.14. The van der Waals surface area contributed by atoms with Crippen molar-refractivity contribution in [2.75, 3.05) is 18.5 Å². The molecule has 102 valence electrons. The number of hydrogen-bond donors (Lipinski definition) is 2. The molecule has 1 heterocycles. The standard InChI is InChI=1S/C12H15N3O4/c16-7-3-1-2-6-13-12-14-10-8-9(15(17)18)4-5-11(10)19-12/h4-5,8,16H,1-3,6-7H2,(H,13,14). The quantitative estimate of drug-likeness (QED) is 0.452. The third kappa shape index (κ3) is 3.41. The first-order chi connectivity index (χ1) is 9.20. The highest BCUT2D eigenvalue weighted by Crippen LogP contribution is 2.23. The molecule has 0 aliphatic carbocycles. The molecule has 0 spiro atoms. The second-order valence-electron chi connectivity index (χ2n) is 4.14. The van der Waals surface area contributed by atoms with E-state index in [2.05, 4.69) is 10.3 Å². The number of anilines is 1. The van der Waals surface area contributed by atoms with Crippen LogP contribution >= 0.6 is 0 Å². The highest BCUT2D eigenvalue weighted by atomic mass is 16.6. The van der Waals surface area contributed by atoms with Crippen LogP contribution in [0.5, 0.6) is 0 Å². The van der Waals surface area contributed by atoms with Gasteiger partial charge in [0.15, 0.2) is 5.58 Å². The van der Waals surface area contributed by atoms with Crippen molar-refractivity contribution in [2.45, 2.75) is 19.3 Å². The number of hydrogen-bond acceptors (Lipinski definition) is 6. The first-order valence-electron chi connectivity index (χ1n) is 6.10. The van der Waals surface area contributed by atoms with E-state index in [1.165, 1.54) is 18.2 Å². The third-order valence-electron chi connectivity index (χ3n) is 2.69. The van der Waals surface area contributed by atoms with Crippen molar-refractivity contribution in [1.82, 2.24) is 4.98 Å². The van der Waals surface area contributed by atoms with Gasteiger partial charge in [-0.2, -0.15) is 4.98 Å². The Kier molecular flexibility index (Phi) is 4.30. The summed E-state index contributed by atoms with van der Waals surface area (Å²) in [4.78, 5) is 14.3. The van der Waals surface area contributed by atoms with Crippen LogP contribution < -0.4 is 5.32 Å². The Hall–Kier alpha value is -2.15. The lowest BCUT2D eigenvalue weighted by Crippen LogP contribution is -2.01. The van der Waals surface area contributed by atoms with E-state index >= 15 is 0 Å². The van der Waals surface area contributed by atoms with Crippen molar-refractivity contribution in [3.05, 3.63) is 28.3 Å². The summed E-state index contributed by atoms with van der Waals surface area (Å²) in [6.07, 6.45) is 2.61. The van der Waals surface area contributed by atoms with Crippen molar-refractivity contribution >= 4 is 22.8 Å². The van der Waals surface area contributed by atoms with Crippen LogP contribution in [-0.4, -0.2) is 28.2 Å². The lowest BCUT2D eigenvalue weighted by Gasteiger charge is -1.99. The number of nitro benzene ring substituents is 1. The van der Waals surface area contributed by atoms with Gasteiger partial charge in [0.2, 0.25) is 0 Å². The molecule has 0 aliphatic heterocycles. The number of oxazole rings is 1. The molecule has 0 radical (unpaired) electrons. The zero-order chi connectivity index (χ0) is 13.7. The molecule has 0 atom stereocenters. The van der Waals surface area contributed by atoms with Crippen LogP contribution in [-0.2, 0) is 0 Å². The zero-order valence-electron chi connectivity index (χ0n) is 10.3. The summed E-state index contributed by atoms with van der Waals surface area (Å²) in [5, 5.41) is 22.3. The highest BCUT2D eigenvalue weighted by Gasteiger charge is 2.11. The molecule has 0 saturated carbocycles. The molecule has 0 saturated heterocycles. The summed E-state index contributed by atoms with van der Waals surface area (Å²) in [7, 11) is 0. The molecule has 0 fully saturated rings. The van der Waals surface area contributed by atoms with Gasteiger partial charge in [0, 0.05) is 25.3 Å². The van der Waals surface area contributed by atoms with Crippen molar-refractivity contribution in [3.8, 4) is 0 Å². The van der Waals surface area contributed by atoms with E-state index in [-0.39, 0.29) is 12.3 Å². The highest BCUT2D eigenvalue weighted by molar-refractivity contribution is 5.77. The lowest BCUT2D eigenvalue weighted by molar-refractivity contribution is -0.384. The lowest BCUT2D eigenvalue weighted by atomic mass is 10.2. The molecule has 7 heteroatoms. The summed E-state index contributed by atoms with van der Waals surface area (Å²) in [6, 6.07) is 4.67. The predicted molar refractivity (Wildman–Crippen MR) is 70.1 cm³/mol. The minimum Gasteiger partial charge on any atom is -0.424 e. The number of rotatable bonds is 7. The SMILES string of the molecule is O=[N+]([O-])c1ccc2oc(NCCCCCO)nc2c1. The summed E-state index contributed by atoms with van der Waals surface area (Å²) < 4.78 is 5.42. The van der Waals surface area contributed by atoms with Crippen molar-refractivity contribution in [3.63, 3.8) is 0 Å².